The van der Waals surface area contributed by atoms with E-state index in [0.717, 1.165) is 6.07 Å². The van der Waals surface area contributed by atoms with E-state index in [2.05, 4.69) is 0 Å². The zero-order chi connectivity index (χ0) is 14.7. The van der Waals surface area contributed by atoms with E-state index >= 15 is 0 Å². The zero-order valence-corrected chi connectivity index (χ0v) is 10.6. The predicted octanol–water partition coefficient (Wildman–Crippen LogP) is 2.68. The minimum atomic E-state index is -0.655. The number of rotatable bonds is 4. The lowest BCUT2D eigenvalue weighted by Crippen LogP contribution is -1.96. The number of ether oxygens (including phenoxy) is 2. The first kappa shape index (κ1) is 13.5. The molecule has 0 bridgehead atoms. The van der Waals surface area contributed by atoms with Gasteiger partial charge in [0, 0.05) is 6.07 Å². The summed E-state index contributed by atoms with van der Waals surface area (Å²) in [6.07, 6.45) is 0. The van der Waals surface area contributed by atoms with Crippen LogP contribution in [0, 0.1) is 10.1 Å². The number of nitrogen functional groups attached to an aromatic ring is 1. The van der Waals surface area contributed by atoms with Crippen LogP contribution in [0.4, 0.5) is 11.4 Å². The molecule has 2 aromatic rings. The Hall–Kier alpha value is -2.96. The maximum atomic E-state index is 10.9. The number of hydrogen-bond acceptors (Lipinski definition) is 6. The quantitative estimate of drug-likeness (QED) is 0.384. The Morgan fingerprint density at radius 3 is 2.35 bits per heavy atom. The summed E-state index contributed by atoms with van der Waals surface area (Å²) in [5.41, 5.74) is 5.15. The summed E-state index contributed by atoms with van der Waals surface area (Å²) >= 11 is 0. The number of phenolic OH excluding ortho intramolecular Hbond substituents is 1. The van der Waals surface area contributed by atoms with Gasteiger partial charge < -0.3 is 20.3 Å². The Bertz CT molecular complexity index is 640. The number of nitrogens with two attached hydrogens (primary N) is 1. The number of benzene rings is 2. The number of nitrogens with zero attached hydrogens (tertiary/aromatic N) is 1. The van der Waals surface area contributed by atoms with Crippen LogP contribution in [0.2, 0.25) is 0 Å². The number of phenols is 1. The van der Waals surface area contributed by atoms with E-state index in [-0.39, 0.29) is 22.9 Å². The van der Waals surface area contributed by atoms with Gasteiger partial charge in [0.1, 0.15) is 17.2 Å². The third-order valence-corrected chi connectivity index (χ3v) is 2.59. The van der Waals surface area contributed by atoms with Gasteiger partial charge in [-0.3, -0.25) is 10.1 Å². The van der Waals surface area contributed by atoms with Crippen molar-refractivity contribution in [1.82, 2.24) is 0 Å². The van der Waals surface area contributed by atoms with Crippen LogP contribution in [-0.2, 0) is 0 Å². The molecule has 0 heterocycles. The first-order valence-corrected chi connectivity index (χ1v) is 5.60. The molecule has 7 nitrogen and oxygen atoms in total. The van der Waals surface area contributed by atoms with Crippen LogP contribution in [0.5, 0.6) is 23.0 Å². The third kappa shape index (κ3) is 2.72. The number of nitro groups is 1. The van der Waals surface area contributed by atoms with Gasteiger partial charge in [-0.05, 0) is 24.3 Å². The second-order valence-electron chi connectivity index (χ2n) is 3.91. The lowest BCUT2D eigenvalue weighted by atomic mass is 10.2. The topological polar surface area (TPSA) is 108 Å². The van der Waals surface area contributed by atoms with Crippen molar-refractivity contribution in [3.63, 3.8) is 0 Å². The summed E-state index contributed by atoms with van der Waals surface area (Å²) in [5, 5.41) is 20.3. The number of methoxy groups -OCH3 is 1. The fourth-order valence-corrected chi connectivity index (χ4v) is 1.57. The standard InChI is InChI=1S/C13H12N2O5/c1-19-8-2-4-9(5-3-8)20-13-6-10(14)12(16)7-11(13)15(17)18/h2-7,16H,14H2,1H3. The molecule has 0 saturated heterocycles. The van der Waals surface area contributed by atoms with Crippen LogP contribution in [0.25, 0.3) is 0 Å². The molecule has 0 aromatic heterocycles. The molecule has 0 radical (unpaired) electrons. The minimum absolute atomic E-state index is 0.000823. The minimum Gasteiger partial charge on any atom is -0.506 e. The molecule has 0 spiro atoms. The van der Waals surface area contributed by atoms with E-state index in [4.69, 9.17) is 15.2 Å². The van der Waals surface area contributed by atoms with Gasteiger partial charge in [0.05, 0.1) is 23.8 Å². The first-order valence-electron chi connectivity index (χ1n) is 5.60. The van der Waals surface area contributed by atoms with Gasteiger partial charge in [-0.15, -0.1) is 0 Å². The summed E-state index contributed by atoms with van der Waals surface area (Å²) in [6.45, 7) is 0. The Labute approximate surface area is 114 Å². The number of nitro benzene ring substituents is 1. The maximum Gasteiger partial charge on any atom is 0.315 e. The molecular formula is C13H12N2O5. The molecule has 7 heteroatoms. The maximum absolute atomic E-state index is 10.9. The monoisotopic (exact) mass is 276 g/mol. The Balaban J connectivity index is 2.36. The van der Waals surface area contributed by atoms with Crippen LogP contribution >= 0.6 is 0 Å². The largest absolute Gasteiger partial charge is 0.506 e. The molecule has 104 valence electrons. The SMILES string of the molecule is COc1ccc(Oc2cc(N)c(O)cc2[N+](=O)[O-])cc1. The molecule has 0 unspecified atom stereocenters. The van der Waals surface area contributed by atoms with Gasteiger partial charge >= 0.3 is 5.69 Å². The molecule has 0 aliphatic rings. The van der Waals surface area contributed by atoms with Gasteiger partial charge in [-0.1, -0.05) is 0 Å². The molecule has 0 saturated carbocycles. The predicted molar refractivity (Wildman–Crippen MR) is 72.2 cm³/mol. The van der Waals surface area contributed by atoms with Gasteiger partial charge in [0.15, 0.2) is 0 Å². The van der Waals surface area contributed by atoms with Gasteiger partial charge in [-0.2, -0.15) is 0 Å². The van der Waals surface area contributed by atoms with Crippen molar-refractivity contribution in [2.45, 2.75) is 0 Å². The van der Waals surface area contributed by atoms with E-state index in [1.54, 1.807) is 24.3 Å². The molecule has 2 aromatic carbocycles. The highest BCUT2D eigenvalue weighted by atomic mass is 16.6. The van der Waals surface area contributed by atoms with E-state index in [1.807, 2.05) is 0 Å². The van der Waals surface area contributed by atoms with Crippen molar-refractivity contribution in [3.05, 3.63) is 46.5 Å². The summed E-state index contributed by atoms with van der Waals surface area (Å²) in [4.78, 5) is 10.3. The van der Waals surface area contributed by atoms with Gasteiger partial charge in [-0.25, -0.2) is 0 Å². The normalized spacial score (nSPS) is 10.1. The van der Waals surface area contributed by atoms with Crippen molar-refractivity contribution in [3.8, 4) is 23.0 Å². The van der Waals surface area contributed by atoms with E-state index < -0.39 is 4.92 Å². The first-order chi connectivity index (χ1) is 9.51. The average Bonchev–Trinajstić information content (AvgIpc) is 2.43. The third-order valence-electron chi connectivity index (χ3n) is 2.59. The summed E-state index contributed by atoms with van der Waals surface area (Å²) in [6, 6.07) is 8.68. The van der Waals surface area contributed by atoms with Gasteiger partial charge in [0.2, 0.25) is 5.75 Å². The molecule has 0 atom stereocenters. The molecule has 0 fully saturated rings. The number of anilines is 1. The summed E-state index contributed by atoms with van der Waals surface area (Å²) in [7, 11) is 1.53. The molecule has 0 amide bonds. The fraction of sp³-hybridized carbons (Fsp3) is 0.0769. The highest BCUT2D eigenvalue weighted by molar-refractivity contribution is 5.64. The fourth-order valence-electron chi connectivity index (χ4n) is 1.57. The van der Waals surface area contributed by atoms with Gasteiger partial charge in [0.25, 0.3) is 0 Å². The van der Waals surface area contributed by atoms with Crippen LogP contribution in [0.15, 0.2) is 36.4 Å². The second-order valence-corrected chi connectivity index (χ2v) is 3.91. The highest BCUT2D eigenvalue weighted by Gasteiger charge is 2.19. The van der Waals surface area contributed by atoms with Crippen molar-refractivity contribution in [1.29, 1.82) is 0 Å². The molecule has 3 N–H and O–H groups in total. The lowest BCUT2D eigenvalue weighted by molar-refractivity contribution is -0.385. The molecule has 20 heavy (non-hydrogen) atoms. The summed E-state index contributed by atoms with van der Waals surface area (Å²) < 4.78 is 10.4. The van der Waals surface area contributed by atoms with Crippen molar-refractivity contribution >= 4 is 11.4 Å². The smallest absolute Gasteiger partial charge is 0.315 e. The number of hydrogen-bond donors (Lipinski definition) is 2. The van der Waals surface area contributed by atoms with Crippen LogP contribution in [0.1, 0.15) is 0 Å². The van der Waals surface area contributed by atoms with Crippen molar-refractivity contribution in [2.24, 2.45) is 0 Å². The lowest BCUT2D eigenvalue weighted by Gasteiger charge is -2.08. The Kier molecular flexibility index (Phi) is 3.60. The zero-order valence-electron chi connectivity index (χ0n) is 10.6. The van der Waals surface area contributed by atoms with Crippen LogP contribution in [-0.4, -0.2) is 17.1 Å². The van der Waals surface area contributed by atoms with E-state index in [9.17, 15) is 15.2 Å². The van der Waals surface area contributed by atoms with E-state index in [0.29, 0.717) is 11.5 Å². The molecule has 2 rings (SSSR count). The van der Waals surface area contributed by atoms with Crippen molar-refractivity contribution < 1.29 is 19.5 Å². The van der Waals surface area contributed by atoms with Crippen LogP contribution < -0.4 is 15.2 Å². The van der Waals surface area contributed by atoms with Crippen molar-refractivity contribution in [2.75, 3.05) is 12.8 Å². The summed E-state index contributed by atoms with van der Waals surface area (Å²) in [5.74, 6) is 0.616. The van der Waals surface area contributed by atoms with Crippen LogP contribution in [0.3, 0.4) is 0 Å². The van der Waals surface area contributed by atoms with E-state index in [1.165, 1.54) is 13.2 Å². The Morgan fingerprint density at radius 2 is 1.80 bits per heavy atom. The molecule has 0 aliphatic carbocycles. The average molecular weight is 276 g/mol. The molecular weight excluding hydrogens is 264 g/mol. The molecule has 0 aliphatic heterocycles. The second kappa shape index (κ2) is 5.35. The number of aromatic hydroxyl groups is 1. The Morgan fingerprint density at radius 1 is 1.20 bits per heavy atom. The highest BCUT2D eigenvalue weighted by Crippen LogP contribution is 2.38.